The van der Waals surface area contributed by atoms with Crippen molar-refractivity contribution < 1.29 is 14.0 Å². The number of halogens is 1. The molecule has 164 valence electrons. The highest BCUT2D eigenvalue weighted by atomic mass is 19.1. The van der Waals surface area contributed by atoms with E-state index in [4.69, 9.17) is 0 Å². The molecule has 7 heteroatoms. The molecule has 31 heavy (non-hydrogen) atoms. The van der Waals surface area contributed by atoms with Crippen LogP contribution < -0.4 is 15.5 Å². The van der Waals surface area contributed by atoms with E-state index in [-0.39, 0.29) is 30.2 Å². The lowest BCUT2D eigenvalue weighted by molar-refractivity contribution is -0.117. The van der Waals surface area contributed by atoms with Gasteiger partial charge in [-0.25, -0.2) is 4.39 Å². The van der Waals surface area contributed by atoms with E-state index in [0.717, 1.165) is 25.7 Å². The molecule has 0 spiro atoms. The minimum atomic E-state index is -0.221. The lowest BCUT2D eigenvalue weighted by atomic mass is 10.1. The van der Waals surface area contributed by atoms with Gasteiger partial charge in [0, 0.05) is 32.2 Å². The normalized spacial score (nSPS) is 17.5. The van der Waals surface area contributed by atoms with Gasteiger partial charge < -0.3 is 15.5 Å². The fraction of sp³-hybridized carbons (Fsp3) is 0.417. The maximum absolute atomic E-state index is 14.0. The number of piperazine rings is 1. The van der Waals surface area contributed by atoms with Gasteiger partial charge in [0.2, 0.25) is 5.91 Å². The predicted molar refractivity (Wildman–Crippen MR) is 120 cm³/mol. The van der Waals surface area contributed by atoms with E-state index in [1.165, 1.54) is 6.07 Å². The first-order chi connectivity index (χ1) is 15.1. The summed E-state index contributed by atoms with van der Waals surface area (Å²) >= 11 is 0. The fourth-order valence-electron chi connectivity index (χ4n) is 4.37. The van der Waals surface area contributed by atoms with Crippen LogP contribution in [-0.2, 0) is 4.79 Å². The highest BCUT2D eigenvalue weighted by Crippen LogP contribution is 2.21. The Hall–Kier alpha value is -2.93. The molecule has 2 aromatic rings. The first-order valence-corrected chi connectivity index (χ1v) is 11.0. The van der Waals surface area contributed by atoms with E-state index in [9.17, 15) is 14.0 Å². The van der Waals surface area contributed by atoms with E-state index < -0.39 is 0 Å². The highest BCUT2D eigenvalue weighted by Gasteiger charge is 2.23. The monoisotopic (exact) mass is 424 g/mol. The number of para-hydroxylation sites is 2. The molecular formula is C24H29FN4O2. The summed E-state index contributed by atoms with van der Waals surface area (Å²) < 4.78 is 14.0. The van der Waals surface area contributed by atoms with E-state index in [1.807, 2.05) is 21.9 Å². The largest absolute Gasteiger partial charge is 0.367 e. The molecule has 1 aliphatic heterocycles. The summed E-state index contributed by atoms with van der Waals surface area (Å²) in [7, 11) is 0. The zero-order valence-corrected chi connectivity index (χ0v) is 17.6. The van der Waals surface area contributed by atoms with Gasteiger partial charge >= 0.3 is 0 Å². The number of nitrogens with one attached hydrogen (secondary N) is 2. The number of anilines is 2. The maximum Gasteiger partial charge on any atom is 0.253 e. The summed E-state index contributed by atoms with van der Waals surface area (Å²) in [6, 6.07) is 14.1. The van der Waals surface area contributed by atoms with Gasteiger partial charge in [-0.15, -0.1) is 0 Å². The molecule has 0 aromatic heterocycles. The predicted octanol–water partition coefficient (Wildman–Crippen LogP) is 3.26. The molecule has 1 saturated heterocycles. The van der Waals surface area contributed by atoms with E-state index >= 15 is 0 Å². The number of carbonyl (C=O) groups excluding carboxylic acids is 2. The summed E-state index contributed by atoms with van der Waals surface area (Å²) in [5.41, 5.74) is 1.63. The maximum atomic E-state index is 14.0. The van der Waals surface area contributed by atoms with Crippen LogP contribution in [-0.4, -0.2) is 55.5 Å². The van der Waals surface area contributed by atoms with Crippen LogP contribution in [0.2, 0.25) is 0 Å². The van der Waals surface area contributed by atoms with Crippen molar-refractivity contribution in [1.29, 1.82) is 0 Å². The Morgan fingerprint density at radius 1 is 0.935 bits per heavy atom. The van der Waals surface area contributed by atoms with E-state index in [0.29, 0.717) is 43.1 Å². The zero-order chi connectivity index (χ0) is 21.6. The van der Waals surface area contributed by atoms with Crippen LogP contribution in [0.4, 0.5) is 15.8 Å². The van der Waals surface area contributed by atoms with Crippen molar-refractivity contribution in [3.63, 3.8) is 0 Å². The molecule has 0 atom stereocenters. The quantitative estimate of drug-likeness (QED) is 0.747. The van der Waals surface area contributed by atoms with Crippen LogP contribution in [0.3, 0.4) is 0 Å². The first kappa shape index (κ1) is 21.3. The van der Waals surface area contributed by atoms with Crippen molar-refractivity contribution in [2.24, 2.45) is 0 Å². The standard InChI is InChI=1S/C24H29FN4O2/c25-20-10-4-6-12-22(20)29-15-13-28(14-16-29)17-23(30)27-21-11-5-3-9-19(21)24(31)26-18-7-1-2-8-18/h3-6,9-12,18H,1-2,7-8,13-17H2,(H,26,31)(H,27,30). The highest BCUT2D eigenvalue weighted by molar-refractivity contribution is 6.04. The Morgan fingerprint density at radius 2 is 1.61 bits per heavy atom. The Balaban J connectivity index is 1.30. The number of rotatable bonds is 6. The van der Waals surface area contributed by atoms with Crippen LogP contribution in [0.25, 0.3) is 0 Å². The molecule has 0 bridgehead atoms. The van der Waals surface area contributed by atoms with Gasteiger partial charge in [0.25, 0.3) is 5.91 Å². The van der Waals surface area contributed by atoms with Crippen molar-refractivity contribution in [2.45, 2.75) is 31.7 Å². The minimum Gasteiger partial charge on any atom is -0.367 e. The smallest absolute Gasteiger partial charge is 0.253 e. The third-order valence-corrected chi connectivity index (χ3v) is 6.07. The second kappa shape index (κ2) is 9.92. The Labute approximate surface area is 182 Å². The molecule has 6 nitrogen and oxygen atoms in total. The number of nitrogens with zero attached hydrogens (tertiary/aromatic N) is 2. The van der Waals surface area contributed by atoms with Crippen molar-refractivity contribution in [1.82, 2.24) is 10.2 Å². The number of benzene rings is 2. The van der Waals surface area contributed by atoms with Gasteiger partial charge in [-0.2, -0.15) is 0 Å². The summed E-state index contributed by atoms with van der Waals surface area (Å²) in [4.78, 5) is 29.4. The summed E-state index contributed by atoms with van der Waals surface area (Å²) in [5.74, 6) is -0.511. The van der Waals surface area contributed by atoms with Crippen molar-refractivity contribution >= 4 is 23.2 Å². The van der Waals surface area contributed by atoms with Crippen molar-refractivity contribution in [3.05, 3.63) is 59.9 Å². The van der Waals surface area contributed by atoms with E-state index in [1.54, 1.807) is 30.3 Å². The van der Waals surface area contributed by atoms with Gasteiger partial charge in [-0.05, 0) is 37.1 Å². The molecule has 1 aliphatic carbocycles. The van der Waals surface area contributed by atoms with E-state index in [2.05, 4.69) is 10.6 Å². The SMILES string of the molecule is O=C(CN1CCN(c2ccccc2F)CC1)Nc1ccccc1C(=O)NC1CCCC1. The van der Waals surface area contributed by atoms with Crippen LogP contribution in [0.1, 0.15) is 36.0 Å². The Kier molecular flexibility index (Phi) is 6.82. The molecule has 2 amide bonds. The van der Waals surface area contributed by atoms with Gasteiger partial charge in [-0.3, -0.25) is 14.5 Å². The molecule has 2 fully saturated rings. The summed E-state index contributed by atoms with van der Waals surface area (Å²) in [5, 5.41) is 5.98. The van der Waals surface area contributed by atoms with Crippen LogP contribution >= 0.6 is 0 Å². The average molecular weight is 425 g/mol. The third kappa shape index (κ3) is 5.41. The van der Waals surface area contributed by atoms with Gasteiger partial charge in [0.05, 0.1) is 23.5 Å². The molecule has 0 radical (unpaired) electrons. The van der Waals surface area contributed by atoms with Gasteiger partial charge in [0.1, 0.15) is 5.82 Å². The van der Waals surface area contributed by atoms with Gasteiger partial charge in [-0.1, -0.05) is 37.1 Å². The second-order valence-electron chi connectivity index (χ2n) is 8.26. The lowest BCUT2D eigenvalue weighted by Crippen LogP contribution is -2.49. The number of amides is 2. The molecule has 4 rings (SSSR count). The first-order valence-electron chi connectivity index (χ1n) is 11.0. The number of hydrogen-bond donors (Lipinski definition) is 2. The number of hydrogen-bond acceptors (Lipinski definition) is 4. The number of carbonyl (C=O) groups is 2. The van der Waals surface area contributed by atoms with Crippen LogP contribution in [0, 0.1) is 5.82 Å². The third-order valence-electron chi connectivity index (χ3n) is 6.07. The zero-order valence-electron chi connectivity index (χ0n) is 17.6. The second-order valence-corrected chi connectivity index (χ2v) is 8.26. The average Bonchev–Trinajstić information content (AvgIpc) is 3.28. The topological polar surface area (TPSA) is 64.7 Å². The Bertz CT molecular complexity index is 921. The minimum absolute atomic E-state index is 0.138. The molecule has 2 N–H and O–H groups in total. The fourth-order valence-corrected chi connectivity index (χ4v) is 4.37. The molecule has 1 saturated carbocycles. The molecule has 0 unspecified atom stereocenters. The molecule has 2 aliphatic rings. The van der Waals surface area contributed by atoms with Crippen LogP contribution in [0.5, 0.6) is 0 Å². The Morgan fingerprint density at radius 3 is 2.35 bits per heavy atom. The van der Waals surface area contributed by atoms with Crippen molar-refractivity contribution in [2.75, 3.05) is 42.9 Å². The lowest BCUT2D eigenvalue weighted by Gasteiger charge is -2.35. The summed E-state index contributed by atoms with van der Waals surface area (Å²) in [6.45, 7) is 2.91. The van der Waals surface area contributed by atoms with Gasteiger partial charge in [0.15, 0.2) is 0 Å². The van der Waals surface area contributed by atoms with Crippen LogP contribution in [0.15, 0.2) is 48.5 Å². The molecular weight excluding hydrogens is 395 g/mol. The van der Waals surface area contributed by atoms with Crippen molar-refractivity contribution in [3.8, 4) is 0 Å². The molecule has 2 aromatic carbocycles. The summed E-state index contributed by atoms with van der Waals surface area (Å²) in [6.07, 6.45) is 4.32. The molecule has 1 heterocycles.